The highest BCUT2D eigenvalue weighted by atomic mass is 19.1. The molecule has 0 saturated carbocycles. The molecule has 106 valence electrons. The lowest BCUT2D eigenvalue weighted by atomic mass is 10.1. The number of imidazole rings is 1. The number of fused-ring (bicyclic) bond motifs is 1. The lowest BCUT2D eigenvalue weighted by Gasteiger charge is -2.06. The van der Waals surface area contributed by atoms with Crippen LogP contribution in [0.2, 0.25) is 0 Å². The highest BCUT2D eigenvalue weighted by Gasteiger charge is 2.06. The third-order valence-corrected chi connectivity index (χ3v) is 3.35. The fourth-order valence-corrected chi connectivity index (χ4v) is 2.18. The van der Waals surface area contributed by atoms with Gasteiger partial charge in [0.05, 0.1) is 17.4 Å². The van der Waals surface area contributed by atoms with Crippen LogP contribution >= 0.6 is 0 Å². The minimum absolute atomic E-state index is 0.226. The molecule has 3 aromatic rings. The number of rotatable bonds is 3. The molecule has 3 rings (SSSR count). The summed E-state index contributed by atoms with van der Waals surface area (Å²) < 4.78 is 14.8. The average Bonchev–Trinajstić information content (AvgIpc) is 2.86. The van der Waals surface area contributed by atoms with Gasteiger partial charge in [0.25, 0.3) is 5.91 Å². The summed E-state index contributed by atoms with van der Waals surface area (Å²) in [4.78, 5) is 16.2. The molecule has 1 N–H and O–H groups in total. The minimum Gasteiger partial charge on any atom is -0.348 e. The smallest absolute Gasteiger partial charge is 0.251 e. The van der Waals surface area contributed by atoms with Crippen molar-refractivity contribution in [2.45, 2.75) is 6.54 Å². The molecule has 1 amide bonds. The molecule has 0 aliphatic rings. The Balaban J connectivity index is 1.71. The molecule has 0 aliphatic heterocycles. The van der Waals surface area contributed by atoms with Gasteiger partial charge in [0.2, 0.25) is 0 Å². The van der Waals surface area contributed by atoms with Gasteiger partial charge in [-0.25, -0.2) is 9.37 Å². The summed E-state index contributed by atoms with van der Waals surface area (Å²) in [5.74, 6) is -0.580. The van der Waals surface area contributed by atoms with Crippen molar-refractivity contribution in [3.8, 4) is 0 Å². The highest BCUT2D eigenvalue weighted by Crippen LogP contribution is 2.14. The zero-order valence-electron chi connectivity index (χ0n) is 11.5. The maximum Gasteiger partial charge on any atom is 0.251 e. The Labute approximate surface area is 121 Å². The molecule has 0 spiro atoms. The first kappa shape index (κ1) is 13.3. The molecule has 0 saturated heterocycles. The average molecular weight is 283 g/mol. The van der Waals surface area contributed by atoms with Gasteiger partial charge in [-0.15, -0.1) is 0 Å². The monoisotopic (exact) mass is 283 g/mol. The SMILES string of the molecule is Cn1cnc2cc(CNC(=O)c3ccc(F)cc3)ccc21. The van der Waals surface area contributed by atoms with Crippen LogP contribution in [-0.2, 0) is 13.6 Å². The number of amides is 1. The summed E-state index contributed by atoms with van der Waals surface area (Å²) >= 11 is 0. The van der Waals surface area contributed by atoms with Crippen molar-refractivity contribution in [1.82, 2.24) is 14.9 Å². The van der Waals surface area contributed by atoms with Crippen LogP contribution in [0.4, 0.5) is 4.39 Å². The number of nitrogens with one attached hydrogen (secondary N) is 1. The standard InChI is InChI=1S/C16H14FN3O/c1-20-10-19-14-8-11(2-7-15(14)20)9-18-16(21)12-3-5-13(17)6-4-12/h2-8,10H,9H2,1H3,(H,18,21). The molecular weight excluding hydrogens is 269 g/mol. The van der Waals surface area contributed by atoms with Gasteiger partial charge in [0, 0.05) is 19.2 Å². The fraction of sp³-hybridized carbons (Fsp3) is 0.125. The van der Waals surface area contributed by atoms with E-state index in [2.05, 4.69) is 10.3 Å². The summed E-state index contributed by atoms with van der Waals surface area (Å²) in [6.07, 6.45) is 1.76. The van der Waals surface area contributed by atoms with Gasteiger partial charge < -0.3 is 9.88 Å². The molecule has 0 unspecified atom stereocenters. The van der Waals surface area contributed by atoms with E-state index < -0.39 is 0 Å². The Kier molecular flexibility index (Phi) is 3.39. The predicted molar refractivity (Wildman–Crippen MR) is 78.3 cm³/mol. The first-order valence-corrected chi connectivity index (χ1v) is 6.57. The van der Waals surface area contributed by atoms with Gasteiger partial charge in [-0.1, -0.05) is 6.07 Å². The molecule has 5 heteroatoms. The van der Waals surface area contributed by atoms with Crippen LogP contribution in [0.15, 0.2) is 48.8 Å². The van der Waals surface area contributed by atoms with Crippen molar-refractivity contribution in [1.29, 1.82) is 0 Å². The molecule has 0 atom stereocenters. The Bertz CT molecular complexity index is 793. The van der Waals surface area contributed by atoms with E-state index in [0.29, 0.717) is 12.1 Å². The van der Waals surface area contributed by atoms with Crippen LogP contribution in [0.5, 0.6) is 0 Å². The number of carbonyl (C=O) groups is 1. The number of aryl methyl sites for hydroxylation is 1. The summed E-state index contributed by atoms with van der Waals surface area (Å²) in [5, 5.41) is 2.81. The molecule has 0 fully saturated rings. The molecular formula is C16H14FN3O. The van der Waals surface area contributed by atoms with Crippen molar-refractivity contribution in [3.05, 3.63) is 65.7 Å². The second kappa shape index (κ2) is 5.36. The third kappa shape index (κ3) is 2.76. The number of nitrogens with zero attached hydrogens (tertiary/aromatic N) is 2. The molecule has 4 nitrogen and oxygen atoms in total. The minimum atomic E-state index is -0.354. The Morgan fingerprint density at radius 1 is 1.24 bits per heavy atom. The highest BCUT2D eigenvalue weighted by molar-refractivity contribution is 5.94. The van der Waals surface area contributed by atoms with E-state index in [1.54, 1.807) is 6.33 Å². The van der Waals surface area contributed by atoms with Crippen molar-refractivity contribution >= 4 is 16.9 Å². The van der Waals surface area contributed by atoms with Gasteiger partial charge in [-0.05, 0) is 42.0 Å². The number of hydrogen-bond acceptors (Lipinski definition) is 2. The Hall–Kier alpha value is -2.69. The van der Waals surface area contributed by atoms with E-state index in [-0.39, 0.29) is 11.7 Å². The van der Waals surface area contributed by atoms with E-state index >= 15 is 0 Å². The number of carbonyl (C=O) groups excluding carboxylic acids is 1. The van der Waals surface area contributed by atoms with Crippen LogP contribution in [0.3, 0.4) is 0 Å². The molecule has 0 radical (unpaired) electrons. The van der Waals surface area contributed by atoms with Crippen molar-refractivity contribution in [3.63, 3.8) is 0 Å². The molecule has 21 heavy (non-hydrogen) atoms. The van der Waals surface area contributed by atoms with Crippen LogP contribution in [-0.4, -0.2) is 15.5 Å². The van der Waals surface area contributed by atoms with Crippen LogP contribution in [0.25, 0.3) is 11.0 Å². The second-order valence-corrected chi connectivity index (χ2v) is 4.87. The van der Waals surface area contributed by atoms with Crippen LogP contribution in [0, 0.1) is 5.82 Å². The van der Waals surface area contributed by atoms with Gasteiger partial charge in [0.15, 0.2) is 0 Å². The molecule has 1 heterocycles. The maximum absolute atomic E-state index is 12.8. The largest absolute Gasteiger partial charge is 0.348 e. The summed E-state index contributed by atoms with van der Waals surface area (Å²) in [5.41, 5.74) is 3.35. The number of aromatic nitrogens is 2. The summed E-state index contributed by atoms with van der Waals surface area (Å²) in [6, 6.07) is 11.3. The molecule has 1 aromatic heterocycles. The normalized spacial score (nSPS) is 10.8. The zero-order chi connectivity index (χ0) is 14.8. The molecule has 0 aliphatic carbocycles. The molecule has 0 bridgehead atoms. The Morgan fingerprint density at radius 2 is 2.00 bits per heavy atom. The van der Waals surface area contributed by atoms with Crippen molar-refractivity contribution in [2.75, 3.05) is 0 Å². The van der Waals surface area contributed by atoms with E-state index in [1.165, 1.54) is 24.3 Å². The fourth-order valence-electron chi connectivity index (χ4n) is 2.18. The van der Waals surface area contributed by atoms with Crippen LogP contribution in [0.1, 0.15) is 15.9 Å². The maximum atomic E-state index is 12.8. The number of benzene rings is 2. The van der Waals surface area contributed by atoms with E-state index in [0.717, 1.165) is 16.6 Å². The second-order valence-electron chi connectivity index (χ2n) is 4.87. The first-order chi connectivity index (χ1) is 10.1. The molecule has 2 aromatic carbocycles. The summed E-state index contributed by atoms with van der Waals surface area (Å²) in [6.45, 7) is 0.405. The number of halogens is 1. The van der Waals surface area contributed by atoms with E-state index in [1.807, 2.05) is 29.8 Å². The quantitative estimate of drug-likeness (QED) is 0.803. The predicted octanol–water partition coefficient (Wildman–Crippen LogP) is 2.64. The topological polar surface area (TPSA) is 46.9 Å². The first-order valence-electron chi connectivity index (χ1n) is 6.57. The Morgan fingerprint density at radius 3 is 2.76 bits per heavy atom. The van der Waals surface area contributed by atoms with Crippen molar-refractivity contribution < 1.29 is 9.18 Å². The van der Waals surface area contributed by atoms with E-state index in [9.17, 15) is 9.18 Å². The van der Waals surface area contributed by atoms with Crippen molar-refractivity contribution in [2.24, 2.45) is 7.05 Å². The lowest BCUT2D eigenvalue weighted by Crippen LogP contribution is -2.22. The van der Waals surface area contributed by atoms with Gasteiger partial charge in [0.1, 0.15) is 5.82 Å². The van der Waals surface area contributed by atoms with Gasteiger partial charge in [-0.3, -0.25) is 4.79 Å². The zero-order valence-corrected chi connectivity index (χ0v) is 11.5. The van der Waals surface area contributed by atoms with E-state index in [4.69, 9.17) is 0 Å². The third-order valence-electron chi connectivity index (χ3n) is 3.35. The van der Waals surface area contributed by atoms with Gasteiger partial charge >= 0.3 is 0 Å². The van der Waals surface area contributed by atoms with Gasteiger partial charge in [-0.2, -0.15) is 0 Å². The van der Waals surface area contributed by atoms with Crippen LogP contribution < -0.4 is 5.32 Å². The number of hydrogen-bond donors (Lipinski definition) is 1. The summed E-state index contributed by atoms with van der Waals surface area (Å²) in [7, 11) is 1.94. The lowest BCUT2D eigenvalue weighted by molar-refractivity contribution is 0.0951.